The average Bonchev–Trinajstić information content (AvgIpc) is 2.82. The van der Waals surface area contributed by atoms with E-state index in [4.69, 9.17) is 0 Å². The van der Waals surface area contributed by atoms with Crippen LogP contribution in [0.2, 0.25) is 0 Å². The Balaban J connectivity index is 1.89. The molecule has 0 bridgehead atoms. The number of rotatable bonds is 1. The molecule has 3 heteroatoms. The third-order valence-electron chi connectivity index (χ3n) is 3.21. The van der Waals surface area contributed by atoms with Gasteiger partial charge >= 0.3 is 0 Å². The predicted octanol–water partition coefficient (Wildman–Crippen LogP) is 2.28. The van der Waals surface area contributed by atoms with Crippen LogP contribution in [-0.2, 0) is 0 Å². The first-order valence-corrected chi connectivity index (χ1v) is 6.63. The Labute approximate surface area is 94.8 Å². The van der Waals surface area contributed by atoms with Gasteiger partial charge in [-0.05, 0) is 36.6 Å². The van der Waals surface area contributed by atoms with Crippen molar-refractivity contribution in [2.24, 2.45) is 0 Å². The smallest absolute Gasteiger partial charge is 0.0481 e. The molecular weight excluding hydrogens is 204 g/mol. The molecule has 0 amide bonds. The van der Waals surface area contributed by atoms with E-state index in [1.165, 1.54) is 34.9 Å². The first-order chi connectivity index (χ1) is 7.43. The summed E-state index contributed by atoms with van der Waals surface area (Å²) >= 11 is 1.96. The van der Waals surface area contributed by atoms with E-state index < -0.39 is 0 Å². The molecule has 2 N–H and O–H groups in total. The van der Waals surface area contributed by atoms with Gasteiger partial charge in [-0.3, -0.25) is 0 Å². The molecule has 1 unspecified atom stereocenters. The highest BCUT2D eigenvalue weighted by Crippen LogP contribution is 2.34. The second-order valence-corrected chi connectivity index (χ2v) is 5.36. The summed E-state index contributed by atoms with van der Waals surface area (Å²) < 4.78 is 0. The van der Waals surface area contributed by atoms with E-state index in [0.29, 0.717) is 0 Å². The molecule has 2 nitrogen and oxygen atoms in total. The van der Waals surface area contributed by atoms with Gasteiger partial charge in [0.25, 0.3) is 0 Å². The van der Waals surface area contributed by atoms with Crippen molar-refractivity contribution in [1.29, 1.82) is 0 Å². The van der Waals surface area contributed by atoms with Crippen molar-refractivity contribution < 1.29 is 0 Å². The molecular formula is C12H16N2S. The molecule has 15 heavy (non-hydrogen) atoms. The van der Waals surface area contributed by atoms with E-state index >= 15 is 0 Å². The lowest BCUT2D eigenvalue weighted by atomic mass is 9.98. The van der Waals surface area contributed by atoms with Gasteiger partial charge in [-0.2, -0.15) is 0 Å². The zero-order valence-corrected chi connectivity index (χ0v) is 9.57. The van der Waals surface area contributed by atoms with Gasteiger partial charge in [0.05, 0.1) is 0 Å². The van der Waals surface area contributed by atoms with E-state index in [0.717, 1.165) is 19.0 Å². The lowest BCUT2D eigenvalue weighted by molar-refractivity contribution is 0.762. The van der Waals surface area contributed by atoms with Crippen LogP contribution >= 0.6 is 11.8 Å². The van der Waals surface area contributed by atoms with Gasteiger partial charge in [-0.15, -0.1) is 11.8 Å². The second kappa shape index (κ2) is 4.06. The van der Waals surface area contributed by atoms with Crippen molar-refractivity contribution in [2.75, 3.05) is 30.7 Å². The largest absolute Gasteiger partial charge is 0.383 e. The summed E-state index contributed by atoms with van der Waals surface area (Å²) in [4.78, 5) is 1.41. The van der Waals surface area contributed by atoms with E-state index in [-0.39, 0.29) is 0 Å². The molecule has 3 rings (SSSR count). The van der Waals surface area contributed by atoms with Crippen molar-refractivity contribution in [3.8, 4) is 0 Å². The zero-order valence-electron chi connectivity index (χ0n) is 8.75. The lowest BCUT2D eigenvalue weighted by Gasteiger charge is -2.19. The van der Waals surface area contributed by atoms with Crippen LogP contribution in [0.5, 0.6) is 0 Å². The molecule has 1 aromatic carbocycles. The molecule has 0 aliphatic carbocycles. The Bertz CT molecular complexity index is 359. The van der Waals surface area contributed by atoms with Crippen LogP contribution in [0.3, 0.4) is 0 Å². The van der Waals surface area contributed by atoms with Crippen LogP contribution in [0.15, 0.2) is 23.1 Å². The molecule has 2 heterocycles. The monoisotopic (exact) mass is 220 g/mol. The summed E-state index contributed by atoms with van der Waals surface area (Å²) in [5.41, 5.74) is 2.84. The number of hydrogen-bond donors (Lipinski definition) is 2. The third-order valence-corrected chi connectivity index (χ3v) is 4.29. The van der Waals surface area contributed by atoms with E-state index in [9.17, 15) is 0 Å². The van der Waals surface area contributed by atoms with Crippen LogP contribution in [0, 0.1) is 0 Å². The topological polar surface area (TPSA) is 24.1 Å². The van der Waals surface area contributed by atoms with Crippen molar-refractivity contribution in [3.63, 3.8) is 0 Å². The summed E-state index contributed by atoms with van der Waals surface area (Å²) in [5, 5.41) is 6.91. The Morgan fingerprint density at radius 3 is 3.13 bits per heavy atom. The molecule has 1 saturated heterocycles. The Morgan fingerprint density at radius 1 is 1.27 bits per heavy atom. The van der Waals surface area contributed by atoms with Crippen molar-refractivity contribution in [1.82, 2.24) is 5.32 Å². The molecule has 0 saturated carbocycles. The summed E-state index contributed by atoms with van der Waals surface area (Å²) in [6.45, 7) is 3.42. The normalized spacial score (nSPS) is 24.7. The Kier molecular flexibility index (Phi) is 2.59. The molecule has 0 radical (unpaired) electrons. The van der Waals surface area contributed by atoms with Crippen LogP contribution in [0.25, 0.3) is 0 Å². The summed E-state index contributed by atoms with van der Waals surface area (Å²) in [5.74, 6) is 1.92. The maximum Gasteiger partial charge on any atom is 0.0481 e. The van der Waals surface area contributed by atoms with Gasteiger partial charge in [0, 0.05) is 29.4 Å². The predicted molar refractivity (Wildman–Crippen MR) is 65.9 cm³/mol. The number of hydrogen-bond acceptors (Lipinski definition) is 3. The fraction of sp³-hybridized carbons (Fsp3) is 0.500. The first kappa shape index (κ1) is 9.55. The lowest BCUT2D eigenvalue weighted by Crippen LogP contribution is -2.12. The first-order valence-electron chi connectivity index (χ1n) is 5.65. The molecule has 80 valence electrons. The molecule has 2 aliphatic rings. The van der Waals surface area contributed by atoms with E-state index in [1.807, 2.05) is 11.8 Å². The molecule has 1 atom stereocenters. The second-order valence-electron chi connectivity index (χ2n) is 4.22. The molecule has 1 aromatic rings. The fourth-order valence-corrected chi connectivity index (χ4v) is 3.23. The van der Waals surface area contributed by atoms with Crippen molar-refractivity contribution in [2.45, 2.75) is 17.2 Å². The molecule has 1 fully saturated rings. The van der Waals surface area contributed by atoms with Crippen LogP contribution in [0.4, 0.5) is 5.69 Å². The van der Waals surface area contributed by atoms with Crippen LogP contribution in [-0.4, -0.2) is 25.4 Å². The summed E-state index contributed by atoms with van der Waals surface area (Å²) in [6.07, 6.45) is 1.28. The minimum absolute atomic E-state index is 0.726. The minimum atomic E-state index is 0.726. The maximum atomic E-state index is 3.49. The Morgan fingerprint density at radius 2 is 2.27 bits per heavy atom. The van der Waals surface area contributed by atoms with Crippen LogP contribution < -0.4 is 10.6 Å². The Hall–Kier alpha value is -0.670. The van der Waals surface area contributed by atoms with E-state index in [1.54, 1.807) is 0 Å². The van der Waals surface area contributed by atoms with E-state index in [2.05, 4.69) is 28.8 Å². The highest BCUT2D eigenvalue weighted by molar-refractivity contribution is 7.99. The van der Waals surface area contributed by atoms with Gasteiger partial charge in [0.15, 0.2) is 0 Å². The minimum Gasteiger partial charge on any atom is -0.383 e. The van der Waals surface area contributed by atoms with Crippen molar-refractivity contribution in [3.05, 3.63) is 23.8 Å². The highest BCUT2D eigenvalue weighted by atomic mass is 32.2. The number of fused-ring (bicyclic) bond motifs is 1. The van der Waals surface area contributed by atoms with Gasteiger partial charge in [-0.25, -0.2) is 0 Å². The number of anilines is 1. The van der Waals surface area contributed by atoms with Crippen LogP contribution in [0.1, 0.15) is 17.9 Å². The summed E-state index contributed by atoms with van der Waals surface area (Å²) in [6, 6.07) is 6.93. The standard InChI is InChI=1S/C12H16N2S/c1-2-12-11(14-5-6-15-12)7-9(1)10-3-4-13-8-10/h1-2,7,10,13-14H,3-6,8H2. The van der Waals surface area contributed by atoms with Gasteiger partial charge in [-0.1, -0.05) is 6.07 Å². The quantitative estimate of drug-likeness (QED) is 0.759. The third kappa shape index (κ3) is 1.86. The van der Waals surface area contributed by atoms with Gasteiger partial charge in [0.1, 0.15) is 0 Å². The van der Waals surface area contributed by atoms with Gasteiger partial charge in [0.2, 0.25) is 0 Å². The number of thioether (sulfide) groups is 1. The number of nitrogens with one attached hydrogen (secondary N) is 2. The highest BCUT2D eigenvalue weighted by Gasteiger charge is 2.18. The molecule has 2 aliphatic heterocycles. The summed E-state index contributed by atoms with van der Waals surface area (Å²) in [7, 11) is 0. The average molecular weight is 220 g/mol. The SMILES string of the molecule is c1cc2c(cc1C1CCNC1)NCCS2. The molecule has 0 spiro atoms. The molecule has 0 aromatic heterocycles. The maximum absolute atomic E-state index is 3.49. The zero-order chi connectivity index (χ0) is 10.1. The van der Waals surface area contributed by atoms with Gasteiger partial charge < -0.3 is 10.6 Å². The fourth-order valence-electron chi connectivity index (χ4n) is 2.35. The van der Waals surface area contributed by atoms with Crippen molar-refractivity contribution >= 4 is 17.4 Å². The number of benzene rings is 1.